The Hall–Kier alpha value is -1.85. The van der Waals surface area contributed by atoms with Crippen molar-refractivity contribution in [1.82, 2.24) is 9.55 Å². The summed E-state index contributed by atoms with van der Waals surface area (Å²) in [6, 6.07) is 7.02. The molecule has 0 radical (unpaired) electrons. The molecule has 1 aromatic carbocycles. The van der Waals surface area contributed by atoms with Gasteiger partial charge in [-0.15, -0.1) is 0 Å². The van der Waals surface area contributed by atoms with Crippen molar-refractivity contribution >= 4 is 0 Å². The molecule has 5 nitrogen and oxygen atoms in total. The fourth-order valence-electron chi connectivity index (χ4n) is 2.40. The molecule has 2 aromatic rings. The topological polar surface area (TPSA) is 56.5 Å². The van der Waals surface area contributed by atoms with E-state index in [4.69, 9.17) is 9.47 Å². The van der Waals surface area contributed by atoms with Crippen LogP contribution in [0.5, 0.6) is 5.75 Å². The van der Waals surface area contributed by atoms with E-state index in [1.807, 2.05) is 36.7 Å². The molecule has 2 heterocycles. The second-order valence-corrected chi connectivity index (χ2v) is 5.40. The monoisotopic (exact) mass is 274 g/mol. The summed E-state index contributed by atoms with van der Waals surface area (Å²) in [4.78, 5) is 4.38. The number of benzene rings is 1. The van der Waals surface area contributed by atoms with E-state index in [9.17, 15) is 5.11 Å². The van der Waals surface area contributed by atoms with Gasteiger partial charge in [-0.2, -0.15) is 0 Å². The van der Waals surface area contributed by atoms with E-state index < -0.39 is 5.79 Å². The van der Waals surface area contributed by atoms with Gasteiger partial charge >= 0.3 is 0 Å². The Bertz CT molecular complexity index is 589. The molecule has 0 aliphatic carbocycles. The van der Waals surface area contributed by atoms with E-state index in [2.05, 4.69) is 4.98 Å². The van der Waals surface area contributed by atoms with Crippen molar-refractivity contribution in [2.45, 2.75) is 32.3 Å². The number of imidazole rings is 1. The molecule has 0 spiro atoms. The third-order valence-electron chi connectivity index (χ3n) is 3.31. The van der Waals surface area contributed by atoms with Crippen LogP contribution < -0.4 is 0 Å². The number of aromatic hydroxyl groups is 1. The number of phenolic OH excluding ortho intramolecular Hbond substituents is 1. The lowest BCUT2D eigenvalue weighted by atomic mass is 10.2. The molecule has 1 unspecified atom stereocenters. The molecule has 20 heavy (non-hydrogen) atoms. The number of aromatic nitrogens is 2. The fourth-order valence-corrected chi connectivity index (χ4v) is 2.40. The molecule has 1 aliphatic heterocycles. The first-order valence-corrected chi connectivity index (χ1v) is 6.66. The number of nitrogens with zero attached hydrogens (tertiary/aromatic N) is 2. The molecule has 3 rings (SSSR count). The number of hydrogen-bond donors (Lipinski definition) is 1. The summed E-state index contributed by atoms with van der Waals surface area (Å²) in [5, 5.41) is 9.35. The lowest BCUT2D eigenvalue weighted by molar-refractivity contribution is -0.139. The molecule has 1 atom stereocenters. The number of phenols is 1. The van der Waals surface area contributed by atoms with Crippen molar-refractivity contribution in [1.29, 1.82) is 0 Å². The van der Waals surface area contributed by atoms with Crippen LogP contribution in [0.3, 0.4) is 0 Å². The van der Waals surface area contributed by atoms with Crippen LogP contribution in [0.15, 0.2) is 36.7 Å². The van der Waals surface area contributed by atoms with E-state index in [0.717, 1.165) is 11.4 Å². The summed E-state index contributed by atoms with van der Waals surface area (Å²) in [5.41, 5.74) is 0.964. The molecule has 0 saturated carbocycles. The minimum absolute atomic E-state index is 0.0232. The molecule has 1 fully saturated rings. The Labute approximate surface area is 117 Å². The van der Waals surface area contributed by atoms with Crippen molar-refractivity contribution in [2.24, 2.45) is 0 Å². The Morgan fingerprint density at radius 1 is 1.35 bits per heavy atom. The Balaban J connectivity index is 1.79. The van der Waals surface area contributed by atoms with Crippen LogP contribution in [0.4, 0.5) is 0 Å². The Kier molecular flexibility index (Phi) is 3.23. The second-order valence-electron chi connectivity index (χ2n) is 5.40. The fraction of sp³-hybridized carbons (Fsp3) is 0.400. The highest BCUT2D eigenvalue weighted by Gasteiger charge is 2.32. The van der Waals surface area contributed by atoms with Gasteiger partial charge in [-0.1, -0.05) is 0 Å². The van der Waals surface area contributed by atoms with E-state index >= 15 is 0 Å². The van der Waals surface area contributed by atoms with Gasteiger partial charge in [0.25, 0.3) is 0 Å². The van der Waals surface area contributed by atoms with Crippen molar-refractivity contribution in [3.63, 3.8) is 0 Å². The van der Waals surface area contributed by atoms with Crippen LogP contribution in [0.25, 0.3) is 11.4 Å². The first-order valence-electron chi connectivity index (χ1n) is 6.66. The largest absolute Gasteiger partial charge is 0.508 e. The first kappa shape index (κ1) is 13.1. The standard InChI is InChI=1S/C15H18N2O3/c1-15(2)19-10-13(20-15)9-17-8-7-16-14(17)11-3-5-12(18)6-4-11/h3-8,13,18H,9-10H2,1-2H3. The highest BCUT2D eigenvalue weighted by atomic mass is 16.7. The molecule has 1 aliphatic rings. The summed E-state index contributed by atoms with van der Waals surface area (Å²) in [5.74, 6) is 0.601. The summed E-state index contributed by atoms with van der Waals surface area (Å²) < 4.78 is 13.4. The molecular weight excluding hydrogens is 256 g/mol. The number of hydrogen-bond acceptors (Lipinski definition) is 4. The molecule has 1 N–H and O–H groups in total. The molecular formula is C15H18N2O3. The minimum atomic E-state index is -0.510. The average molecular weight is 274 g/mol. The van der Waals surface area contributed by atoms with Crippen molar-refractivity contribution in [3.8, 4) is 17.1 Å². The zero-order chi connectivity index (χ0) is 14.2. The second kappa shape index (κ2) is 4.92. The SMILES string of the molecule is CC1(C)OCC(Cn2ccnc2-c2ccc(O)cc2)O1. The predicted molar refractivity (Wildman–Crippen MR) is 74.2 cm³/mol. The lowest BCUT2D eigenvalue weighted by Gasteiger charge is -2.18. The van der Waals surface area contributed by atoms with Crippen LogP contribution in [0.1, 0.15) is 13.8 Å². The lowest BCUT2D eigenvalue weighted by Crippen LogP contribution is -2.24. The number of rotatable bonds is 3. The van der Waals surface area contributed by atoms with Gasteiger partial charge in [0.15, 0.2) is 5.79 Å². The highest BCUT2D eigenvalue weighted by Crippen LogP contribution is 2.25. The van der Waals surface area contributed by atoms with Gasteiger partial charge in [0.2, 0.25) is 0 Å². The van der Waals surface area contributed by atoms with Crippen LogP contribution in [0, 0.1) is 0 Å². The van der Waals surface area contributed by atoms with Crippen LogP contribution in [-0.2, 0) is 16.0 Å². The van der Waals surface area contributed by atoms with Crippen molar-refractivity contribution in [3.05, 3.63) is 36.7 Å². The average Bonchev–Trinajstić information content (AvgIpc) is 2.98. The van der Waals surface area contributed by atoms with Crippen molar-refractivity contribution < 1.29 is 14.6 Å². The smallest absolute Gasteiger partial charge is 0.163 e. The van der Waals surface area contributed by atoms with E-state index in [1.165, 1.54) is 0 Å². The molecule has 1 saturated heterocycles. The molecule has 106 valence electrons. The number of ether oxygens (including phenoxy) is 2. The maximum absolute atomic E-state index is 9.35. The van der Waals surface area contributed by atoms with E-state index in [-0.39, 0.29) is 11.9 Å². The van der Waals surface area contributed by atoms with E-state index in [1.54, 1.807) is 18.3 Å². The summed E-state index contributed by atoms with van der Waals surface area (Å²) in [6.07, 6.45) is 3.72. The minimum Gasteiger partial charge on any atom is -0.508 e. The quantitative estimate of drug-likeness (QED) is 0.933. The first-order chi connectivity index (χ1) is 9.53. The molecule has 1 aromatic heterocycles. The maximum Gasteiger partial charge on any atom is 0.163 e. The molecule has 0 bridgehead atoms. The Morgan fingerprint density at radius 2 is 2.10 bits per heavy atom. The summed E-state index contributed by atoms with van der Waals surface area (Å²) in [7, 11) is 0. The zero-order valence-electron chi connectivity index (χ0n) is 11.6. The Morgan fingerprint density at radius 3 is 2.75 bits per heavy atom. The highest BCUT2D eigenvalue weighted by molar-refractivity contribution is 5.56. The van der Waals surface area contributed by atoms with Gasteiger partial charge in [0.1, 0.15) is 17.7 Å². The zero-order valence-corrected chi connectivity index (χ0v) is 11.6. The molecule has 5 heteroatoms. The van der Waals surface area contributed by atoms with Gasteiger partial charge < -0.3 is 19.1 Å². The predicted octanol–water partition coefficient (Wildman–Crippen LogP) is 2.41. The van der Waals surface area contributed by atoms with Gasteiger partial charge in [-0.3, -0.25) is 0 Å². The van der Waals surface area contributed by atoms with E-state index in [0.29, 0.717) is 13.2 Å². The maximum atomic E-state index is 9.35. The van der Waals surface area contributed by atoms with Gasteiger partial charge in [0.05, 0.1) is 13.2 Å². The van der Waals surface area contributed by atoms with Crippen molar-refractivity contribution in [2.75, 3.05) is 6.61 Å². The third kappa shape index (κ3) is 2.69. The third-order valence-corrected chi connectivity index (χ3v) is 3.31. The summed E-state index contributed by atoms with van der Waals surface area (Å²) in [6.45, 7) is 5.11. The van der Waals surface area contributed by atoms with Crippen LogP contribution in [-0.4, -0.2) is 33.2 Å². The van der Waals surface area contributed by atoms with Gasteiger partial charge in [-0.05, 0) is 38.1 Å². The molecule has 0 amide bonds. The van der Waals surface area contributed by atoms with Gasteiger partial charge in [-0.25, -0.2) is 4.98 Å². The van der Waals surface area contributed by atoms with Gasteiger partial charge in [0, 0.05) is 18.0 Å². The normalized spacial score (nSPS) is 21.2. The van der Waals surface area contributed by atoms with Crippen LogP contribution >= 0.6 is 0 Å². The summed E-state index contributed by atoms with van der Waals surface area (Å²) >= 11 is 0. The van der Waals surface area contributed by atoms with Crippen LogP contribution in [0.2, 0.25) is 0 Å².